The number of hydrogen-bond acceptors (Lipinski definition) is 9. The van der Waals surface area contributed by atoms with E-state index < -0.39 is 35.8 Å². The molecule has 0 saturated heterocycles. The predicted octanol–water partition coefficient (Wildman–Crippen LogP) is 5.85. The monoisotopic (exact) mass is 749 g/mol. The minimum atomic E-state index is -1.15. The maximum atomic E-state index is 11.5. The number of carbonyl (C=O) groups is 6. The van der Waals surface area contributed by atoms with Gasteiger partial charge in [0, 0.05) is 36.0 Å². The summed E-state index contributed by atoms with van der Waals surface area (Å²) in [6.07, 6.45) is 14.5. The van der Waals surface area contributed by atoms with Gasteiger partial charge in [-0.25, -0.2) is 28.8 Å². The molecule has 0 bridgehead atoms. The van der Waals surface area contributed by atoms with E-state index in [4.69, 9.17) is 20.1 Å². The number of carboxylic acid groups (broad SMARTS) is 3. The average molecular weight is 748 g/mol. The molecule has 0 heterocycles. The second kappa shape index (κ2) is 38.9. The molecule has 257 valence electrons. The number of esters is 3. The molecule has 0 aliphatic carbocycles. The van der Waals surface area contributed by atoms with Crippen LogP contribution in [0.2, 0.25) is 4.44 Å². The number of aliphatic carboxylic acids is 3. The van der Waals surface area contributed by atoms with Crippen LogP contribution in [0.3, 0.4) is 0 Å². The Morgan fingerprint density at radius 3 is 1.20 bits per heavy atom. The van der Waals surface area contributed by atoms with Gasteiger partial charge in [0.05, 0.1) is 19.8 Å². The molecule has 3 radical (unpaired) electrons. The Hall–Kier alpha value is -3.16. The molecule has 0 aromatic heterocycles. The van der Waals surface area contributed by atoms with E-state index in [1.807, 2.05) is 27.7 Å². The minimum absolute atomic E-state index is 0.255. The first-order chi connectivity index (χ1) is 21.4. The van der Waals surface area contributed by atoms with Gasteiger partial charge in [-0.05, 0) is 32.1 Å². The molecule has 0 unspecified atom stereocenters. The molecular weight excluding hydrogens is 695 g/mol. The van der Waals surface area contributed by atoms with E-state index in [9.17, 15) is 28.8 Å². The standard InChI is InChI=1S/C12H20O4.2C8H12O4.C4H9.Sn/c1-3-5-7-10(9-11(13)14)12(15)16-8-6-4-2;2*1-2-3-6-12-8(11)5-4-7(9)10;1-3-4-2;/h9H,3-8H2,1-2H3,(H,13,14);2*4-5H,2-3,6H2,1H3,(H,9,10);1,3-4H2,2H3;/b10-9-;2*5-4-;;. The van der Waals surface area contributed by atoms with Crippen molar-refractivity contribution in [2.75, 3.05) is 19.8 Å². The molecular formula is C32H53O12Sn. The molecule has 0 spiro atoms. The van der Waals surface area contributed by atoms with Crippen LogP contribution in [0.25, 0.3) is 0 Å². The summed E-state index contributed by atoms with van der Waals surface area (Å²) in [4.78, 5) is 63.2. The summed E-state index contributed by atoms with van der Waals surface area (Å²) in [7, 11) is 0. The van der Waals surface area contributed by atoms with Crippen molar-refractivity contribution in [2.45, 2.75) is 110 Å². The summed E-state index contributed by atoms with van der Waals surface area (Å²) < 4.78 is 15.7. The number of carbonyl (C=O) groups excluding carboxylic acids is 3. The van der Waals surface area contributed by atoms with E-state index >= 15 is 0 Å². The fraction of sp³-hybridized carbons (Fsp3) is 0.625. The van der Waals surface area contributed by atoms with Crippen LogP contribution < -0.4 is 0 Å². The van der Waals surface area contributed by atoms with E-state index in [1.54, 1.807) is 22.5 Å². The van der Waals surface area contributed by atoms with E-state index in [-0.39, 0.29) is 5.57 Å². The Bertz CT molecular complexity index is 851. The van der Waals surface area contributed by atoms with Gasteiger partial charge in [-0.15, -0.1) is 0 Å². The molecule has 0 saturated carbocycles. The summed E-state index contributed by atoms with van der Waals surface area (Å²) in [6.45, 7) is 11.2. The van der Waals surface area contributed by atoms with Crippen LogP contribution in [0.1, 0.15) is 105 Å². The first-order valence-corrected chi connectivity index (χ1v) is 17.3. The number of rotatable bonds is 20. The molecule has 0 rings (SSSR count). The van der Waals surface area contributed by atoms with Gasteiger partial charge in [0.15, 0.2) is 0 Å². The molecule has 3 N–H and O–H groups in total. The fourth-order valence-electron chi connectivity index (χ4n) is 2.34. The van der Waals surface area contributed by atoms with Gasteiger partial charge in [-0.2, -0.15) is 0 Å². The molecule has 0 aliphatic rings. The van der Waals surface area contributed by atoms with Crippen LogP contribution in [0.15, 0.2) is 36.0 Å². The zero-order valence-electron chi connectivity index (χ0n) is 27.5. The summed E-state index contributed by atoms with van der Waals surface area (Å²) in [5.41, 5.74) is 0.255. The Balaban J connectivity index is -0.000000263. The van der Waals surface area contributed by atoms with Crippen LogP contribution in [0, 0.1) is 0 Å². The number of carboxylic acids is 3. The van der Waals surface area contributed by atoms with E-state index in [0.29, 0.717) is 26.2 Å². The van der Waals surface area contributed by atoms with Crippen molar-refractivity contribution in [2.24, 2.45) is 0 Å². The molecule has 0 aromatic rings. The van der Waals surface area contributed by atoms with Crippen molar-refractivity contribution < 1.29 is 58.3 Å². The van der Waals surface area contributed by atoms with Gasteiger partial charge >= 0.3 is 82.5 Å². The van der Waals surface area contributed by atoms with Crippen molar-refractivity contribution >= 4 is 58.3 Å². The molecule has 0 amide bonds. The summed E-state index contributed by atoms with van der Waals surface area (Å²) >= 11 is 1.68. The van der Waals surface area contributed by atoms with Gasteiger partial charge in [0.2, 0.25) is 0 Å². The second-order valence-corrected chi connectivity index (χ2v) is 10.5. The van der Waals surface area contributed by atoms with Gasteiger partial charge in [-0.3, -0.25) is 0 Å². The normalized spacial score (nSPS) is 10.3. The molecule has 0 aromatic carbocycles. The van der Waals surface area contributed by atoms with Gasteiger partial charge < -0.3 is 29.5 Å². The topological polar surface area (TPSA) is 191 Å². The van der Waals surface area contributed by atoms with E-state index in [0.717, 1.165) is 81.7 Å². The molecule has 12 nitrogen and oxygen atoms in total. The van der Waals surface area contributed by atoms with Crippen LogP contribution in [-0.4, -0.2) is 93.5 Å². The Labute approximate surface area is 281 Å². The second-order valence-electron chi connectivity index (χ2n) is 9.09. The van der Waals surface area contributed by atoms with Crippen LogP contribution in [0.5, 0.6) is 0 Å². The van der Waals surface area contributed by atoms with Gasteiger partial charge in [-0.1, -0.05) is 53.4 Å². The first kappa shape index (κ1) is 48.7. The van der Waals surface area contributed by atoms with Crippen molar-refractivity contribution in [3.63, 3.8) is 0 Å². The maximum absolute atomic E-state index is 11.5. The molecule has 0 atom stereocenters. The van der Waals surface area contributed by atoms with Gasteiger partial charge in [0.1, 0.15) is 0 Å². The fourth-order valence-corrected chi connectivity index (χ4v) is 3.35. The SMILES string of the molecule is CCCCOC(=O)/C(=C\C(=O)O)CCCC.CCCCOC(=O)/C=C\C(=O)O.CCCCOC(=O)/C=C\C(=O)O.CCC[CH2][Sn]. The molecule has 13 heteroatoms. The van der Waals surface area contributed by atoms with Crippen LogP contribution in [0.4, 0.5) is 0 Å². The summed E-state index contributed by atoms with van der Waals surface area (Å²) in [6, 6.07) is 0. The predicted molar refractivity (Wildman–Crippen MR) is 172 cm³/mol. The van der Waals surface area contributed by atoms with Crippen molar-refractivity contribution in [1.29, 1.82) is 0 Å². The Kier molecular flexibility index (Phi) is 42.1. The molecule has 0 fully saturated rings. The molecule has 45 heavy (non-hydrogen) atoms. The van der Waals surface area contributed by atoms with Gasteiger partial charge in [0.25, 0.3) is 0 Å². The zero-order chi connectivity index (χ0) is 35.3. The van der Waals surface area contributed by atoms with Crippen molar-refractivity contribution in [3.05, 3.63) is 36.0 Å². The quantitative estimate of drug-likeness (QED) is 0.0444. The Morgan fingerprint density at radius 2 is 0.911 bits per heavy atom. The van der Waals surface area contributed by atoms with Crippen LogP contribution >= 0.6 is 0 Å². The van der Waals surface area contributed by atoms with Crippen molar-refractivity contribution in [3.8, 4) is 0 Å². The third-order valence-electron chi connectivity index (χ3n) is 4.83. The first-order valence-electron chi connectivity index (χ1n) is 15.3. The van der Waals surface area contributed by atoms with Crippen molar-refractivity contribution in [1.82, 2.24) is 0 Å². The van der Waals surface area contributed by atoms with Crippen LogP contribution in [-0.2, 0) is 43.0 Å². The van der Waals surface area contributed by atoms with E-state index in [2.05, 4.69) is 16.4 Å². The third-order valence-corrected chi connectivity index (χ3v) is 5.84. The number of hydrogen-bond donors (Lipinski definition) is 3. The Morgan fingerprint density at radius 1 is 0.533 bits per heavy atom. The van der Waals surface area contributed by atoms with E-state index in [1.165, 1.54) is 17.3 Å². The zero-order valence-corrected chi connectivity index (χ0v) is 30.4. The molecule has 0 aliphatic heterocycles. The summed E-state index contributed by atoms with van der Waals surface area (Å²) in [5, 5.41) is 24.9. The average Bonchev–Trinajstić information content (AvgIpc) is 2.98. The number of ether oxygens (including phenoxy) is 3. The number of unbranched alkanes of at least 4 members (excludes halogenated alkanes) is 5. The summed E-state index contributed by atoms with van der Waals surface area (Å²) in [5.74, 6) is -5.11. The third kappa shape index (κ3) is 48.0.